The van der Waals surface area contributed by atoms with E-state index in [0.717, 1.165) is 11.1 Å². The van der Waals surface area contributed by atoms with Crippen LogP contribution in [0.3, 0.4) is 0 Å². The van der Waals surface area contributed by atoms with E-state index in [9.17, 15) is 10.2 Å². The van der Waals surface area contributed by atoms with Gasteiger partial charge in [0, 0.05) is 0 Å². The Morgan fingerprint density at radius 2 is 1.11 bits per heavy atom. The lowest BCUT2D eigenvalue weighted by Crippen LogP contribution is -2.38. The Morgan fingerprint density at radius 1 is 0.789 bits per heavy atom. The van der Waals surface area contributed by atoms with Gasteiger partial charge in [-0.3, -0.25) is 0 Å². The first-order valence-electron chi connectivity index (χ1n) is 6.49. The second-order valence-corrected chi connectivity index (χ2v) is 5.17. The molecule has 2 rings (SSSR count). The first-order valence-corrected chi connectivity index (χ1v) is 6.49. The first kappa shape index (κ1) is 13.8. The fraction of sp³-hybridized carbons (Fsp3) is 0.294. The summed E-state index contributed by atoms with van der Waals surface area (Å²) in [6.45, 7) is 5.61. The number of benzene rings is 2. The molecule has 0 amide bonds. The molecule has 2 heteroatoms. The first-order chi connectivity index (χ1) is 8.94. The second kappa shape index (κ2) is 5.16. The van der Waals surface area contributed by atoms with Gasteiger partial charge in [0.2, 0.25) is 0 Å². The molecule has 0 saturated heterocycles. The van der Waals surface area contributed by atoms with Crippen molar-refractivity contribution < 1.29 is 10.2 Å². The van der Waals surface area contributed by atoms with Gasteiger partial charge in [0.05, 0.1) is 6.10 Å². The van der Waals surface area contributed by atoms with E-state index in [1.54, 1.807) is 6.92 Å². The maximum atomic E-state index is 11.0. The van der Waals surface area contributed by atoms with Gasteiger partial charge in [-0.25, -0.2) is 0 Å². The summed E-state index contributed by atoms with van der Waals surface area (Å²) >= 11 is 0. The monoisotopic (exact) mass is 256 g/mol. The highest BCUT2D eigenvalue weighted by atomic mass is 16.3. The SMILES string of the molecule is Cc1ccc(C(O)(c2ccc(C)cc2)[C@H](C)O)cc1. The summed E-state index contributed by atoms with van der Waals surface area (Å²) in [6, 6.07) is 15.2. The van der Waals surface area contributed by atoms with Crippen LogP contribution in [0.25, 0.3) is 0 Å². The van der Waals surface area contributed by atoms with Gasteiger partial charge in [-0.1, -0.05) is 59.7 Å². The number of aryl methyl sites for hydroxylation is 2. The topological polar surface area (TPSA) is 40.5 Å². The number of hydrogen-bond donors (Lipinski definition) is 2. The van der Waals surface area contributed by atoms with Crippen molar-refractivity contribution in [1.82, 2.24) is 0 Å². The predicted molar refractivity (Wildman–Crippen MR) is 77.0 cm³/mol. The van der Waals surface area contributed by atoms with E-state index in [4.69, 9.17) is 0 Å². The van der Waals surface area contributed by atoms with E-state index < -0.39 is 11.7 Å². The van der Waals surface area contributed by atoms with Crippen LogP contribution in [-0.4, -0.2) is 16.3 Å². The standard InChI is InChI=1S/C17H20O2/c1-12-4-8-15(9-5-12)17(19,14(3)18)16-10-6-13(2)7-11-16/h4-11,14,18-19H,1-3H3/t14-/m0/s1. The summed E-state index contributed by atoms with van der Waals surface area (Å²) in [6.07, 6.45) is -0.891. The Morgan fingerprint density at radius 3 is 1.37 bits per heavy atom. The van der Waals surface area contributed by atoms with Crippen LogP contribution in [-0.2, 0) is 5.60 Å². The minimum atomic E-state index is -1.37. The van der Waals surface area contributed by atoms with Gasteiger partial charge in [0.1, 0.15) is 5.60 Å². The Kier molecular flexibility index (Phi) is 3.74. The normalized spacial score (nSPS) is 13.3. The average Bonchev–Trinajstić information content (AvgIpc) is 2.39. The molecule has 2 N–H and O–H groups in total. The summed E-state index contributed by atoms with van der Waals surface area (Å²) in [5.74, 6) is 0. The zero-order chi connectivity index (χ0) is 14.0. The molecule has 0 spiro atoms. The van der Waals surface area contributed by atoms with Gasteiger partial charge in [0.25, 0.3) is 0 Å². The van der Waals surface area contributed by atoms with E-state index in [0.29, 0.717) is 11.1 Å². The maximum Gasteiger partial charge on any atom is 0.140 e. The zero-order valence-electron chi connectivity index (χ0n) is 11.6. The molecule has 100 valence electrons. The van der Waals surface area contributed by atoms with Gasteiger partial charge >= 0.3 is 0 Å². The van der Waals surface area contributed by atoms with Crippen LogP contribution < -0.4 is 0 Å². The number of aliphatic hydroxyl groups is 2. The molecule has 2 aromatic rings. The van der Waals surface area contributed by atoms with Crippen molar-refractivity contribution in [3.8, 4) is 0 Å². The van der Waals surface area contributed by atoms with Crippen molar-refractivity contribution in [3.63, 3.8) is 0 Å². The van der Waals surface area contributed by atoms with Crippen LogP contribution >= 0.6 is 0 Å². The van der Waals surface area contributed by atoms with E-state index in [1.807, 2.05) is 62.4 Å². The third-order valence-electron chi connectivity index (χ3n) is 3.59. The molecule has 2 aromatic carbocycles. The van der Waals surface area contributed by atoms with Crippen LogP contribution in [0.4, 0.5) is 0 Å². The summed E-state index contributed by atoms with van der Waals surface area (Å²) in [5.41, 5.74) is 2.29. The summed E-state index contributed by atoms with van der Waals surface area (Å²) in [4.78, 5) is 0. The molecule has 0 aliphatic heterocycles. The van der Waals surface area contributed by atoms with Crippen LogP contribution in [0.5, 0.6) is 0 Å². The quantitative estimate of drug-likeness (QED) is 0.886. The van der Waals surface area contributed by atoms with Gasteiger partial charge in [-0.15, -0.1) is 0 Å². The fourth-order valence-corrected chi connectivity index (χ4v) is 2.26. The highest BCUT2D eigenvalue weighted by molar-refractivity contribution is 5.39. The molecule has 0 radical (unpaired) electrons. The zero-order valence-corrected chi connectivity index (χ0v) is 11.6. The molecular formula is C17H20O2. The molecule has 19 heavy (non-hydrogen) atoms. The predicted octanol–water partition coefficient (Wildman–Crippen LogP) is 2.92. The van der Waals surface area contributed by atoms with Gasteiger partial charge in [0.15, 0.2) is 0 Å². The van der Waals surface area contributed by atoms with Gasteiger partial charge in [-0.2, -0.15) is 0 Å². The molecule has 0 unspecified atom stereocenters. The van der Waals surface area contributed by atoms with Gasteiger partial charge < -0.3 is 10.2 Å². The van der Waals surface area contributed by atoms with Gasteiger partial charge in [-0.05, 0) is 31.9 Å². The Bertz CT molecular complexity index is 493. The van der Waals surface area contributed by atoms with Crippen LogP contribution in [0.15, 0.2) is 48.5 Å². The van der Waals surface area contributed by atoms with E-state index in [1.165, 1.54) is 0 Å². The van der Waals surface area contributed by atoms with Crippen molar-refractivity contribution in [2.24, 2.45) is 0 Å². The molecule has 0 aromatic heterocycles. The third-order valence-corrected chi connectivity index (χ3v) is 3.59. The molecule has 1 atom stereocenters. The van der Waals surface area contributed by atoms with Crippen LogP contribution in [0, 0.1) is 13.8 Å². The van der Waals surface area contributed by atoms with Crippen molar-refractivity contribution in [3.05, 3.63) is 70.8 Å². The molecular weight excluding hydrogens is 236 g/mol. The summed E-state index contributed by atoms with van der Waals surface area (Å²) in [5, 5.41) is 21.0. The Hall–Kier alpha value is -1.64. The fourth-order valence-electron chi connectivity index (χ4n) is 2.26. The lowest BCUT2D eigenvalue weighted by atomic mass is 9.82. The third kappa shape index (κ3) is 2.55. The number of rotatable bonds is 3. The lowest BCUT2D eigenvalue weighted by Gasteiger charge is -2.32. The second-order valence-electron chi connectivity index (χ2n) is 5.17. The largest absolute Gasteiger partial charge is 0.390 e. The highest BCUT2D eigenvalue weighted by Gasteiger charge is 2.36. The Balaban J connectivity index is 2.54. The molecule has 0 aliphatic rings. The van der Waals surface area contributed by atoms with Crippen molar-refractivity contribution in [2.75, 3.05) is 0 Å². The van der Waals surface area contributed by atoms with E-state index in [2.05, 4.69) is 0 Å². The summed E-state index contributed by atoms with van der Waals surface area (Å²) < 4.78 is 0. The molecule has 0 fully saturated rings. The Labute approximate surface area is 114 Å². The average molecular weight is 256 g/mol. The maximum absolute atomic E-state index is 11.0. The molecule has 0 saturated carbocycles. The van der Waals surface area contributed by atoms with Crippen molar-refractivity contribution in [1.29, 1.82) is 0 Å². The highest BCUT2D eigenvalue weighted by Crippen LogP contribution is 2.33. The lowest BCUT2D eigenvalue weighted by molar-refractivity contribution is -0.0394. The van der Waals surface area contributed by atoms with Crippen molar-refractivity contribution >= 4 is 0 Å². The number of hydrogen-bond acceptors (Lipinski definition) is 2. The summed E-state index contributed by atoms with van der Waals surface area (Å²) in [7, 11) is 0. The van der Waals surface area contributed by atoms with Crippen molar-refractivity contribution in [2.45, 2.75) is 32.5 Å². The molecule has 0 aliphatic carbocycles. The molecule has 2 nitrogen and oxygen atoms in total. The van der Waals surface area contributed by atoms with E-state index >= 15 is 0 Å². The minimum absolute atomic E-state index is 0.706. The smallest absolute Gasteiger partial charge is 0.140 e. The minimum Gasteiger partial charge on any atom is -0.390 e. The van der Waals surface area contributed by atoms with Crippen LogP contribution in [0.1, 0.15) is 29.2 Å². The molecule has 0 bridgehead atoms. The van der Waals surface area contributed by atoms with Crippen LogP contribution in [0.2, 0.25) is 0 Å². The van der Waals surface area contributed by atoms with E-state index in [-0.39, 0.29) is 0 Å². The molecule has 0 heterocycles. The number of aliphatic hydroxyl groups excluding tert-OH is 1.